The van der Waals surface area contributed by atoms with Gasteiger partial charge in [-0.25, -0.2) is 10.0 Å². The number of anilines is 1. The predicted molar refractivity (Wildman–Crippen MR) is 96.4 cm³/mol. The summed E-state index contributed by atoms with van der Waals surface area (Å²) in [5.74, 6) is -0.156. The molecule has 1 saturated heterocycles. The van der Waals surface area contributed by atoms with Crippen molar-refractivity contribution in [1.29, 1.82) is 0 Å². The minimum Gasteiger partial charge on any atom is -0.302 e. The summed E-state index contributed by atoms with van der Waals surface area (Å²) in [5, 5.41) is 3.25. The Balaban J connectivity index is 2.36. The summed E-state index contributed by atoms with van der Waals surface area (Å²) in [6.07, 6.45) is 1.07. The van der Waals surface area contributed by atoms with E-state index in [-0.39, 0.29) is 11.8 Å². The molecule has 1 aromatic rings. The van der Waals surface area contributed by atoms with Gasteiger partial charge in [-0.3, -0.25) is 9.59 Å². The van der Waals surface area contributed by atoms with Gasteiger partial charge in [0.2, 0.25) is 0 Å². The maximum Gasteiger partial charge on any atom is 0.261 e. The first-order valence-corrected chi connectivity index (χ1v) is 8.99. The van der Waals surface area contributed by atoms with E-state index in [1.54, 1.807) is 10.0 Å². The highest BCUT2D eigenvalue weighted by Gasteiger charge is 2.56. The number of amides is 2. The molecule has 2 rings (SSSR count). The lowest BCUT2D eigenvalue weighted by Gasteiger charge is -2.30. The number of carbonyl (C=O) groups is 2. The molecule has 1 aromatic carbocycles. The van der Waals surface area contributed by atoms with Crippen molar-refractivity contribution in [2.45, 2.75) is 40.5 Å². The molecule has 0 aliphatic carbocycles. The van der Waals surface area contributed by atoms with E-state index >= 15 is 0 Å². The van der Waals surface area contributed by atoms with Crippen molar-refractivity contribution in [2.24, 2.45) is 5.41 Å². The summed E-state index contributed by atoms with van der Waals surface area (Å²) in [7, 11) is 0. The number of carbonyl (C=O) groups excluding carboxylic acids is 2. The van der Waals surface area contributed by atoms with Gasteiger partial charge >= 0.3 is 0 Å². The van der Waals surface area contributed by atoms with Crippen LogP contribution in [0.25, 0.3) is 0 Å². The van der Waals surface area contributed by atoms with Gasteiger partial charge in [-0.15, -0.1) is 0 Å². The minimum absolute atomic E-state index is 0.0616. The molecule has 0 unspecified atom stereocenters. The Hall–Kier alpha value is -1.88. The standard InChI is InChI=1S/C19H29N3O2/c1-5-19(6-2)17(23)21(15-14-20(7-3)8-4)22(18(19)24)16-12-10-9-11-13-16/h9-13H,5-8,14-15H2,1-4H3. The summed E-state index contributed by atoms with van der Waals surface area (Å²) < 4.78 is 0. The first-order valence-electron chi connectivity index (χ1n) is 8.99. The fraction of sp³-hybridized carbons (Fsp3) is 0.579. The number of hydrogen-bond donors (Lipinski definition) is 0. The minimum atomic E-state index is -0.918. The van der Waals surface area contributed by atoms with E-state index < -0.39 is 5.41 Å². The van der Waals surface area contributed by atoms with Gasteiger partial charge in [0.25, 0.3) is 11.8 Å². The second-order valence-corrected chi connectivity index (χ2v) is 6.20. The molecule has 5 nitrogen and oxygen atoms in total. The lowest BCUT2D eigenvalue weighted by atomic mass is 9.81. The van der Waals surface area contributed by atoms with Crippen LogP contribution in [0.3, 0.4) is 0 Å². The molecule has 5 heteroatoms. The highest BCUT2D eigenvalue weighted by Crippen LogP contribution is 2.40. The van der Waals surface area contributed by atoms with Crippen LogP contribution in [0.4, 0.5) is 5.69 Å². The first-order chi connectivity index (χ1) is 11.6. The summed E-state index contributed by atoms with van der Waals surface area (Å²) in [4.78, 5) is 28.5. The third-order valence-corrected chi connectivity index (χ3v) is 5.22. The molecule has 1 aliphatic rings. The van der Waals surface area contributed by atoms with E-state index in [1.807, 2.05) is 44.2 Å². The zero-order chi connectivity index (χ0) is 17.7. The molecule has 1 aliphatic heterocycles. The number of para-hydroxylation sites is 1. The summed E-state index contributed by atoms with van der Waals surface area (Å²) in [6.45, 7) is 11.2. The molecule has 0 bridgehead atoms. The molecule has 24 heavy (non-hydrogen) atoms. The molecular formula is C19H29N3O2. The number of likely N-dealkylation sites (N-methyl/N-ethyl adjacent to an activating group) is 1. The highest BCUT2D eigenvalue weighted by atomic mass is 16.2. The Bertz CT molecular complexity index is 565. The molecule has 0 aromatic heterocycles. The molecule has 0 radical (unpaired) electrons. The average Bonchev–Trinajstić information content (AvgIpc) is 2.84. The van der Waals surface area contributed by atoms with E-state index in [0.717, 1.165) is 25.3 Å². The van der Waals surface area contributed by atoms with Gasteiger partial charge in [-0.2, -0.15) is 0 Å². The number of nitrogens with zero attached hydrogens (tertiary/aromatic N) is 3. The largest absolute Gasteiger partial charge is 0.302 e. The van der Waals surface area contributed by atoms with Crippen LogP contribution in [0.15, 0.2) is 30.3 Å². The zero-order valence-corrected chi connectivity index (χ0v) is 15.3. The van der Waals surface area contributed by atoms with Crippen LogP contribution in [0.1, 0.15) is 40.5 Å². The van der Waals surface area contributed by atoms with Gasteiger partial charge in [-0.1, -0.05) is 45.9 Å². The average molecular weight is 331 g/mol. The van der Waals surface area contributed by atoms with Crippen LogP contribution in [-0.2, 0) is 9.59 Å². The predicted octanol–water partition coefficient (Wildman–Crippen LogP) is 2.93. The van der Waals surface area contributed by atoms with E-state index in [4.69, 9.17) is 0 Å². The van der Waals surface area contributed by atoms with Crippen LogP contribution >= 0.6 is 0 Å². The van der Waals surface area contributed by atoms with Crippen LogP contribution in [0.5, 0.6) is 0 Å². The van der Waals surface area contributed by atoms with Gasteiger partial charge in [-0.05, 0) is 38.1 Å². The van der Waals surface area contributed by atoms with Gasteiger partial charge < -0.3 is 4.90 Å². The smallest absolute Gasteiger partial charge is 0.261 e. The Kier molecular flexibility index (Phi) is 5.99. The van der Waals surface area contributed by atoms with Crippen LogP contribution in [0.2, 0.25) is 0 Å². The monoisotopic (exact) mass is 331 g/mol. The molecular weight excluding hydrogens is 302 g/mol. The van der Waals surface area contributed by atoms with Crippen molar-refractivity contribution in [2.75, 3.05) is 31.2 Å². The van der Waals surface area contributed by atoms with Crippen molar-refractivity contribution < 1.29 is 9.59 Å². The zero-order valence-electron chi connectivity index (χ0n) is 15.3. The Morgan fingerprint density at radius 1 is 0.917 bits per heavy atom. The number of hydrazine groups is 1. The Morgan fingerprint density at radius 2 is 1.50 bits per heavy atom. The Labute approximate surface area is 145 Å². The lowest BCUT2D eigenvalue weighted by molar-refractivity contribution is -0.139. The van der Waals surface area contributed by atoms with Gasteiger partial charge in [0.05, 0.1) is 12.2 Å². The molecule has 132 valence electrons. The fourth-order valence-corrected chi connectivity index (χ4v) is 3.40. The number of hydrogen-bond acceptors (Lipinski definition) is 3. The van der Waals surface area contributed by atoms with Crippen molar-refractivity contribution in [3.63, 3.8) is 0 Å². The molecule has 0 N–H and O–H groups in total. The molecule has 1 fully saturated rings. The second-order valence-electron chi connectivity index (χ2n) is 6.20. The van der Waals surface area contributed by atoms with Crippen molar-refractivity contribution in [1.82, 2.24) is 9.91 Å². The molecule has 0 spiro atoms. The number of rotatable bonds is 8. The summed E-state index contributed by atoms with van der Waals surface area (Å²) in [6, 6.07) is 9.48. The van der Waals surface area contributed by atoms with Crippen molar-refractivity contribution in [3.8, 4) is 0 Å². The molecule has 2 amide bonds. The van der Waals surface area contributed by atoms with E-state index in [9.17, 15) is 9.59 Å². The maximum atomic E-state index is 13.1. The van der Waals surface area contributed by atoms with Crippen LogP contribution in [0, 0.1) is 5.41 Å². The van der Waals surface area contributed by atoms with Crippen molar-refractivity contribution in [3.05, 3.63) is 30.3 Å². The van der Waals surface area contributed by atoms with Gasteiger partial charge in [0, 0.05) is 6.54 Å². The van der Waals surface area contributed by atoms with Gasteiger partial charge in [0.1, 0.15) is 5.41 Å². The number of benzene rings is 1. The van der Waals surface area contributed by atoms with Crippen LogP contribution < -0.4 is 5.01 Å². The van der Waals surface area contributed by atoms with E-state index in [2.05, 4.69) is 18.7 Å². The van der Waals surface area contributed by atoms with Gasteiger partial charge in [0.15, 0.2) is 0 Å². The Morgan fingerprint density at radius 3 is 2.00 bits per heavy atom. The van der Waals surface area contributed by atoms with E-state index in [0.29, 0.717) is 19.4 Å². The molecule has 0 saturated carbocycles. The summed E-state index contributed by atoms with van der Waals surface area (Å²) in [5.41, 5.74) is -0.154. The lowest BCUT2D eigenvalue weighted by Crippen LogP contribution is -2.45. The molecule has 1 heterocycles. The summed E-state index contributed by atoms with van der Waals surface area (Å²) >= 11 is 0. The first kappa shape index (κ1) is 18.5. The van der Waals surface area contributed by atoms with Crippen LogP contribution in [-0.4, -0.2) is 47.9 Å². The maximum absolute atomic E-state index is 13.1. The molecule has 0 atom stereocenters. The third kappa shape index (κ3) is 3.05. The normalized spacial score (nSPS) is 17.2. The van der Waals surface area contributed by atoms with E-state index in [1.165, 1.54) is 0 Å². The SMILES string of the molecule is CCN(CC)CCN1C(=O)C(CC)(CC)C(=O)N1c1ccccc1. The topological polar surface area (TPSA) is 43.9 Å². The van der Waals surface area contributed by atoms with Crippen molar-refractivity contribution >= 4 is 17.5 Å². The second kappa shape index (κ2) is 7.79. The third-order valence-electron chi connectivity index (χ3n) is 5.22. The fourth-order valence-electron chi connectivity index (χ4n) is 3.40. The highest BCUT2D eigenvalue weighted by molar-refractivity contribution is 6.18. The quantitative estimate of drug-likeness (QED) is 0.688.